The summed E-state index contributed by atoms with van der Waals surface area (Å²) in [5.74, 6) is 6.49. The largest absolute Gasteiger partial charge is 0.271 e. The van der Waals surface area contributed by atoms with Gasteiger partial charge in [-0.1, -0.05) is 43.0 Å². The quantitative estimate of drug-likeness (QED) is 0.624. The zero-order valence-electron chi connectivity index (χ0n) is 9.67. The lowest BCUT2D eigenvalue weighted by Gasteiger charge is -2.30. The molecular formula is C13H19ClN2. The van der Waals surface area contributed by atoms with Gasteiger partial charge in [0.1, 0.15) is 0 Å². The maximum absolute atomic E-state index is 6.13. The molecule has 1 aromatic carbocycles. The van der Waals surface area contributed by atoms with Crippen LogP contribution in [-0.4, -0.2) is 0 Å². The van der Waals surface area contributed by atoms with Gasteiger partial charge in [0, 0.05) is 11.1 Å². The molecule has 0 aromatic heterocycles. The number of benzene rings is 1. The van der Waals surface area contributed by atoms with Crippen LogP contribution in [0.3, 0.4) is 0 Å². The lowest BCUT2D eigenvalue weighted by Crippen LogP contribution is -2.31. The fraction of sp³-hybridized carbons (Fsp3) is 0.538. The van der Waals surface area contributed by atoms with Gasteiger partial charge in [-0.2, -0.15) is 0 Å². The van der Waals surface area contributed by atoms with E-state index in [2.05, 4.69) is 18.4 Å². The highest BCUT2D eigenvalue weighted by Crippen LogP contribution is 2.36. The van der Waals surface area contributed by atoms with Crippen LogP contribution in [0.1, 0.15) is 42.9 Å². The van der Waals surface area contributed by atoms with Crippen molar-refractivity contribution in [1.29, 1.82) is 0 Å². The lowest BCUT2D eigenvalue weighted by molar-refractivity contribution is 0.261. The Hall–Kier alpha value is -0.570. The van der Waals surface area contributed by atoms with Crippen molar-refractivity contribution in [2.24, 2.45) is 11.8 Å². The van der Waals surface area contributed by atoms with Gasteiger partial charge in [-0.15, -0.1) is 0 Å². The molecule has 2 rings (SSSR count). The molecule has 3 N–H and O–H groups in total. The Balaban J connectivity index is 2.15. The molecule has 1 aliphatic carbocycles. The normalized spacial score (nSPS) is 18.2. The Morgan fingerprint density at radius 3 is 2.81 bits per heavy atom. The number of hydrazine groups is 1. The molecule has 0 spiro atoms. The zero-order chi connectivity index (χ0) is 11.5. The van der Waals surface area contributed by atoms with Crippen molar-refractivity contribution >= 4 is 11.6 Å². The molecule has 0 bridgehead atoms. The second-order valence-electron chi connectivity index (χ2n) is 4.71. The van der Waals surface area contributed by atoms with Crippen LogP contribution in [0, 0.1) is 12.8 Å². The molecule has 88 valence electrons. The molecule has 1 fully saturated rings. The molecule has 1 aromatic rings. The molecule has 2 nitrogen and oxygen atoms in total. The summed E-state index contributed by atoms with van der Waals surface area (Å²) in [6.07, 6.45) is 5.18. The third kappa shape index (κ3) is 2.40. The van der Waals surface area contributed by atoms with Gasteiger partial charge in [0.2, 0.25) is 0 Å². The molecular weight excluding hydrogens is 220 g/mol. The first-order chi connectivity index (χ1) is 7.72. The zero-order valence-corrected chi connectivity index (χ0v) is 10.4. The number of nitrogens with one attached hydrogen (secondary N) is 1. The average Bonchev–Trinajstić information content (AvgIpc) is 2.22. The minimum atomic E-state index is 0.240. The maximum atomic E-state index is 6.13. The first-order valence-corrected chi connectivity index (χ1v) is 6.31. The van der Waals surface area contributed by atoms with Crippen LogP contribution in [0.25, 0.3) is 0 Å². The Bertz CT molecular complexity index is 361. The number of nitrogens with two attached hydrogens (primary N) is 1. The van der Waals surface area contributed by atoms with E-state index in [4.69, 9.17) is 17.4 Å². The van der Waals surface area contributed by atoms with Crippen molar-refractivity contribution in [3.8, 4) is 0 Å². The van der Waals surface area contributed by atoms with E-state index in [-0.39, 0.29) is 6.04 Å². The highest BCUT2D eigenvalue weighted by Gasteiger charge is 2.23. The number of hydrogen-bond acceptors (Lipinski definition) is 2. The Kier molecular flexibility index (Phi) is 3.85. The first kappa shape index (κ1) is 11.9. The molecule has 1 atom stereocenters. The fourth-order valence-electron chi connectivity index (χ4n) is 2.35. The average molecular weight is 239 g/mol. The maximum Gasteiger partial charge on any atom is 0.0465 e. The van der Waals surface area contributed by atoms with Crippen LogP contribution in [0.2, 0.25) is 5.02 Å². The topological polar surface area (TPSA) is 38.0 Å². The summed E-state index contributed by atoms with van der Waals surface area (Å²) in [6.45, 7) is 2.06. The van der Waals surface area contributed by atoms with Gasteiger partial charge < -0.3 is 0 Å². The van der Waals surface area contributed by atoms with Crippen LogP contribution >= 0.6 is 11.6 Å². The van der Waals surface area contributed by atoms with E-state index in [0.717, 1.165) is 22.9 Å². The molecule has 0 aliphatic heterocycles. The highest BCUT2D eigenvalue weighted by molar-refractivity contribution is 6.31. The van der Waals surface area contributed by atoms with E-state index >= 15 is 0 Å². The predicted molar refractivity (Wildman–Crippen MR) is 68.2 cm³/mol. The van der Waals surface area contributed by atoms with E-state index < -0.39 is 0 Å². The van der Waals surface area contributed by atoms with E-state index in [1.165, 1.54) is 24.8 Å². The SMILES string of the molecule is Cc1c(Cl)cccc1C(CC1CCC1)NN. The number of hydrogen-bond donors (Lipinski definition) is 2. The molecule has 1 aliphatic rings. The monoisotopic (exact) mass is 238 g/mol. The molecule has 0 amide bonds. The molecule has 3 heteroatoms. The van der Waals surface area contributed by atoms with Crippen LogP contribution in [0.4, 0.5) is 0 Å². The van der Waals surface area contributed by atoms with E-state index in [1.807, 2.05) is 12.1 Å². The molecule has 0 saturated heterocycles. The van der Waals surface area contributed by atoms with Crippen LogP contribution in [0.5, 0.6) is 0 Å². The van der Waals surface area contributed by atoms with Crippen LogP contribution in [0.15, 0.2) is 18.2 Å². The van der Waals surface area contributed by atoms with Crippen molar-refractivity contribution in [2.75, 3.05) is 0 Å². The second kappa shape index (κ2) is 5.17. The molecule has 1 saturated carbocycles. The summed E-state index contributed by atoms with van der Waals surface area (Å²) < 4.78 is 0. The van der Waals surface area contributed by atoms with Gasteiger partial charge in [-0.05, 0) is 36.5 Å². The van der Waals surface area contributed by atoms with Crippen molar-refractivity contribution in [3.63, 3.8) is 0 Å². The molecule has 0 radical (unpaired) electrons. The van der Waals surface area contributed by atoms with Gasteiger partial charge >= 0.3 is 0 Å². The number of rotatable bonds is 4. The molecule has 16 heavy (non-hydrogen) atoms. The Labute approximate surface area is 102 Å². The Morgan fingerprint density at radius 2 is 2.25 bits per heavy atom. The van der Waals surface area contributed by atoms with Gasteiger partial charge in [0.15, 0.2) is 0 Å². The molecule has 0 heterocycles. The summed E-state index contributed by atoms with van der Waals surface area (Å²) >= 11 is 6.13. The summed E-state index contributed by atoms with van der Waals surface area (Å²) in [6, 6.07) is 6.28. The van der Waals surface area contributed by atoms with Crippen molar-refractivity contribution in [2.45, 2.75) is 38.6 Å². The third-order valence-electron chi connectivity index (χ3n) is 3.68. The Morgan fingerprint density at radius 1 is 1.50 bits per heavy atom. The smallest absolute Gasteiger partial charge is 0.0465 e. The summed E-state index contributed by atoms with van der Waals surface area (Å²) in [4.78, 5) is 0. The predicted octanol–water partition coefficient (Wildman–Crippen LogP) is 3.34. The minimum Gasteiger partial charge on any atom is -0.271 e. The number of halogens is 1. The summed E-state index contributed by atoms with van der Waals surface area (Å²) in [7, 11) is 0. The second-order valence-corrected chi connectivity index (χ2v) is 5.11. The van der Waals surface area contributed by atoms with Gasteiger partial charge in [-0.25, -0.2) is 0 Å². The van der Waals surface area contributed by atoms with Gasteiger partial charge in [-0.3, -0.25) is 11.3 Å². The van der Waals surface area contributed by atoms with Crippen molar-refractivity contribution in [1.82, 2.24) is 5.43 Å². The highest BCUT2D eigenvalue weighted by atomic mass is 35.5. The fourth-order valence-corrected chi connectivity index (χ4v) is 2.53. The van der Waals surface area contributed by atoms with Crippen molar-refractivity contribution in [3.05, 3.63) is 34.3 Å². The van der Waals surface area contributed by atoms with E-state index in [0.29, 0.717) is 0 Å². The standard InChI is InChI=1S/C13H19ClN2/c1-9-11(6-3-7-12(9)14)13(16-15)8-10-4-2-5-10/h3,6-7,10,13,16H,2,4-5,8,15H2,1H3. The first-order valence-electron chi connectivity index (χ1n) is 5.93. The lowest BCUT2D eigenvalue weighted by atomic mass is 9.79. The van der Waals surface area contributed by atoms with E-state index in [9.17, 15) is 0 Å². The van der Waals surface area contributed by atoms with Gasteiger partial charge in [0.05, 0.1) is 0 Å². The van der Waals surface area contributed by atoms with E-state index in [1.54, 1.807) is 0 Å². The van der Waals surface area contributed by atoms with Crippen LogP contribution < -0.4 is 11.3 Å². The molecule has 1 unspecified atom stereocenters. The third-order valence-corrected chi connectivity index (χ3v) is 4.09. The summed E-state index contributed by atoms with van der Waals surface area (Å²) in [5.41, 5.74) is 5.31. The minimum absolute atomic E-state index is 0.240. The summed E-state index contributed by atoms with van der Waals surface area (Å²) in [5, 5.41) is 0.825. The van der Waals surface area contributed by atoms with Gasteiger partial charge in [0.25, 0.3) is 0 Å². The van der Waals surface area contributed by atoms with Crippen molar-refractivity contribution < 1.29 is 0 Å². The van der Waals surface area contributed by atoms with Crippen LogP contribution in [-0.2, 0) is 0 Å².